The maximum atomic E-state index is 16.2. The van der Waals surface area contributed by atoms with Crippen LogP contribution in [-0.4, -0.2) is 67.1 Å². The molecule has 1 N–H and O–H groups in total. The molecule has 7 rings (SSSR count). The molecule has 1 aromatic heterocycles. The van der Waals surface area contributed by atoms with Gasteiger partial charge in [0.2, 0.25) is 5.78 Å². The van der Waals surface area contributed by atoms with E-state index < -0.39 is 65.9 Å². The monoisotopic (exact) mass is 780 g/mol. The number of aliphatic hydroxyl groups is 1. The first-order chi connectivity index (χ1) is 26.6. The molecule has 12 heteroatoms. The molecule has 3 aliphatic carbocycles. The minimum absolute atomic E-state index is 0.0272. The molecular weight excluding hydrogens is 732 g/mol. The molecule has 0 aliphatic heterocycles. The summed E-state index contributed by atoms with van der Waals surface area (Å²) in [7, 11) is 0.702. The lowest BCUT2D eigenvalue weighted by Gasteiger charge is -2.56. The van der Waals surface area contributed by atoms with Crippen molar-refractivity contribution in [3.05, 3.63) is 118 Å². The molecule has 1 fully saturated rings. The number of hydrogen-bond donors (Lipinski definition) is 1. The van der Waals surface area contributed by atoms with Gasteiger partial charge in [-0.15, -0.1) is 0 Å². The van der Waals surface area contributed by atoms with Crippen LogP contribution in [0.5, 0.6) is 11.6 Å². The second kappa shape index (κ2) is 15.0. The fraction of sp³-hybridized carbons (Fsp3) is 0.409. The molecular formula is C44H49FN2O8Si. The van der Waals surface area contributed by atoms with Crippen LogP contribution in [0.2, 0.25) is 18.1 Å². The minimum Gasteiger partial charge on any atom is -0.488 e. The summed E-state index contributed by atoms with van der Waals surface area (Å²) in [6, 6.07) is 19.4. The predicted molar refractivity (Wildman–Crippen MR) is 210 cm³/mol. The van der Waals surface area contributed by atoms with E-state index in [1.165, 1.54) is 18.2 Å². The fourth-order valence-corrected chi connectivity index (χ4v) is 9.85. The van der Waals surface area contributed by atoms with Crippen LogP contribution in [0.3, 0.4) is 0 Å². The zero-order valence-electron chi connectivity index (χ0n) is 32.9. The number of ketones is 3. The van der Waals surface area contributed by atoms with Gasteiger partial charge in [-0.2, -0.15) is 0 Å². The van der Waals surface area contributed by atoms with Crippen molar-refractivity contribution in [2.45, 2.75) is 76.6 Å². The maximum Gasteiger partial charge on any atom is 0.265 e. The predicted octanol–water partition coefficient (Wildman–Crippen LogP) is 7.80. The normalized spacial score (nSPS) is 23.5. The van der Waals surface area contributed by atoms with Crippen molar-refractivity contribution in [2.75, 3.05) is 20.7 Å². The van der Waals surface area contributed by atoms with E-state index in [1.807, 2.05) is 114 Å². The van der Waals surface area contributed by atoms with Crippen molar-refractivity contribution in [1.29, 1.82) is 0 Å². The van der Waals surface area contributed by atoms with Gasteiger partial charge in [0, 0.05) is 17.0 Å². The zero-order valence-corrected chi connectivity index (χ0v) is 33.9. The Bertz CT molecular complexity index is 2180. The summed E-state index contributed by atoms with van der Waals surface area (Å²) in [4.78, 5) is 48.2. The molecule has 3 aromatic carbocycles. The summed E-state index contributed by atoms with van der Waals surface area (Å²) < 4.78 is 41.9. The van der Waals surface area contributed by atoms with Crippen LogP contribution in [0.1, 0.15) is 82.0 Å². The van der Waals surface area contributed by atoms with Crippen LogP contribution >= 0.6 is 0 Å². The van der Waals surface area contributed by atoms with Crippen molar-refractivity contribution < 1.29 is 42.3 Å². The average Bonchev–Trinajstić information content (AvgIpc) is 3.57. The van der Waals surface area contributed by atoms with Crippen molar-refractivity contribution in [1.82, 2.24) is 10.1 Å². The molecule has 56 heavy (non-hydrogen) atoms. The summed E-state index contributed by atoms with van der Waals surface area (Å²) in [5.74, 6) is -4.97. The lowest BCUT2D eigenvalue weighted by atomic mass is 9.54. The number of fused-ring (bicyclic) bond motifs is 4. The molecule has 3 aliphatic rings. The third-order valence-electron chi connectivity index (χ3n) is 12.1. The maximum absolute atomic E-state index is 16.2. The van der Waals surface area contributed by atoms with Gasteiger partial charge in [-0.1, -0.05) is 93.6 Å². The second-order valence-corrected chi connectivity index (χ2v) is 21.6. The Morgan fingerprint density at radius 1 is 0.982 bits per heavy atom. The highest BCUT2D eigenvalue weighted by molar-refractivity contribution is 6.74. The van der Waals surface area contributed by atoms with E-state index in [1.54, 1.807) is 0 Å². The summed E-state index contributed by atoms with van der Waals surface area (Å²) in [6.07, 6.45) is 3.18. The number of carbonyl (C=O) groups excluding carboxylic acids is 3. The number of ether oxygens (including phenoxy) is 2. The molecule has 4 aromatic rings. The number of nitrogens with zero attached hydrogens (tertiary/aromatic N) is 2. The molecule has 0 spiro atoms. The van der Waals surface area contributed by atoms with Crippen LogP contribution in [0.4, 0.5) is 4.39 Å². The molecule has 10 nitrogen and oxygen atoms in total. The van der Waals surface area contributed by atoms with Gasteiger partial charge in [0.25, 0.3) is 5.88 Å². The number of Topliss-reactive ketones (excluding diaryl/α,β-unsaturated/α-hetero) is 3. The third-order valence-corrected chi connectivity index (χ3v) is 16.5. The quantitative estimate of drug-likeness (QED) is 0.119. The minimum atomic E-state index is -2.97. The van der Waals surface area contributed by atoms with Gasteiger partial charge in [0.15, 0.2) is 31.2 Å². The first-order valence-electron chi connectivity index (χ1n) is 19.1. The average molecular weight is 781 g/mol. The Labute approximate surface area is 327 Å². The Morgan fingerprint density at radius 2 is 1.61 bits per heavy atom. The lowest BCUT2D eigenvalue weighted by Crippen LogP contribution is -2.70. The SMILES string of the molecule is CN(C)[C@@H]1c2onc(OCc3ccccc3)c2C(=O)[C@@]2(O[Si](C)(C)C(C)(C)C)C(=O)C3C(=O)c4c(c(F)cc(/C=C/CO)c4OCc4ccccc4)C[C@H]3C[C@@H]12. The molecule has 0 amide bonds. The van der Waals surface area contributed by atoms with Gasteiger partial charge in [-0.25, -0.2) is 4.39 Å². The lowest BCUT2D eigenvalue weighted by molar-refractivity contribution is -0.151. The van der Waals surface area contributed by atoms with E-state index in [9.17, 15) is 5.11 Å². The van der Waals surface area contributed by atoms with Crippen molar-refractivity contribution >= 4 is 31.7 Å². The van der Waals surface area contributed by atoms with E-state index in [-0.39, 0.29) is 72.3 Å². The molecule has 1 unspecified atom stereocenters. The Kier molecular flexibility index (Phi) is 10.5. The number of aliphatic hydroxyl groups excluding tert-OH is 1. The highest BCUT2D eigenvalue weighted by Gasteiger charge is 2.70. The van der Waals surface area contributed by atoms with E-state index in [4.69, 9.17) is 18.4 Å². The highest BCUT2D eigenvalue weighted by atomic mass is 28.4. The molecule has 0 saturated heterocycles. The van der Waals surface area contributed by atoms with Crippen LogP contribution in [-0.2, 0) is 28.9 Å². The molecule has 0 radical (unpaired) electrons. The Morgan fingerprint density at radius 3 is 2.20 bits per heavy atom. The van der Waals surface area contributed by atoms with Gasteiger partial charge in [-0.05, 0) is 73.3 Å². The number of benzene rings is 3. The van der Waals surface area contributed by atoms with E-state index in [2.05, 4.69) is 5.16 Å². The first kappa shape index (κ1) is 39.5. The van der Waals surface area contributed by atoms with E-state index in [0.717, 1.165) is 11.1 Å². The van der Waals surface area contributed by atoms with Gasteiger partial charge in [0.1, 0.15) is 30.3 Å². The summed E-state index contributed by atoms with van der Waals surface area (Å²) >= 11 is 0. The van der Waals surface area contributed by atoms with Gasteiger partial charge < -0.3 is 23.5 Å². The number of hydrogen-bond acceptors (Lipinski definition) is 10. The largest absolute Gasteiger partial charge is 0.488 e. The molecule has 294 valence electrons. The Hall–Kier alpha value is -4.75. The number of rotatable bonds is 11. The van der Waals surface area contributed by atoms with Gasteiger partial charge >= 0.3 is 0 Å². The fourth-order valence-electron chi connectivity index (χ4n) is 8.39. The van der Waals surface area contributed by atoms with Crippen LogP contribution in [0.25, 0.3) is 6.08 Å². The molecule has 1 saturated carbocycles. The third kappa shape index (κ3) is 6.65. The second-order valence-electron chi connectivity index (χ2n) is 16.8. The summed E-state index contributed by atoms with van der Waals surface area (Å²) in [5, 5.41) is 13.4. The Balaban J connectivity index is 1.39. The van der Waals surface area contributed by atoms with E-state index in [0.29, 0.717) is 0 Å². The highest BCUT2D eigenvalue weighted by Crippen LogP contribution is 2.59. The smallest absolute Gasteiger partial charge is 0.265 e. The summed E-state index contributed by atoms with van der Waals surface area (Å²) in [6.45, 7) is 9.89. The number of aromatic nitrogens is 1. The number of halogens is 1. The zero-order chi connectivity index (χ0) is 40.2. The van der Waals surface area contributed by atoms with Crippen molar-refractivity contribution in [3.63, 3.8) is 0 Å². The van der Waals surface area contributed by atoms with Crippen molar-refractivity contribution in [3.8, 4) is 11.6 Å². The summed E-state index contributed by atoms with van der Waals surface area (Å²) in [5.41, 5.74) is -0.0321. The standard InChI is InChI=1S/C44H49FN2O8Si/c1-43(2,3)56(6,7)55-44-31(36(47(4)5)39-35(41(44)51)42(46-54-39)53-25-27-17-12-9-13-18-27)22-29-21-30-32(45)23-28(19-14-20-48)38(34(30)37(49)33(29)40(44)50)52-24-26-15-10-8-11-16-26/h8-19,23,29,31,33,36,48H,20-22,24-25H2,1-7H3/b19-14+/t29-,31-,33?,36-,44-/m0/s1. The van der Waals surface area contributed by atoms with E-state index >= 15 is 18.8 Å². The van der Waals surface area contributed by atoms with Crippen molar-refractivity contribution in [2.24, 2.45) is 17.8 Å². The topological polar surface area (TPSA) is 128 Å². The molecule has 0 bridgehead atoms. The van der Waals surface area contributed by atoms with Gasteiger partial charge in [-0.3, -0.25) is 19.3 Å². The van der Waals surface area contributed by atoms with Crippen LogP contribution < -0.4 is 9.47 Å². The van der Waals surface area contributed by atoms with Gasteiger partial charge in [0.05, 0.1) is 24.1 Å². The number of carbonyl (C=O) groups is 3. The first-order valence-corrected chi connectivity index (χ1v) is 22.0. The van der Waals surface area contributed by atoms with Crippen LogP contribution in [0, 0.1) is 23.6 Å². The molecule has 5 atom stereocenters. The molecule has 1 heterocycles. The van der Waals surface area contributed by atoms with Crippen LogP contribution in [0.15, 0.2) is 77.3 Å².